The summed E-state index contributed by atoms with van der Waals surface area (Å²) in [6, 6.07) is 0. The first-order valence-corrected chi connectivity index (χ1v) is 24.7. The maximum atomic E-state index is 12.6. The molecule has 9 N–H and O–H groups in total. The van der Waals surface area contributed by atoms with Gasteiger partial charge in [-0.3, -0.25) is 27.9 Å². The van der Waals surface area contributed by atoms with Crippen molar-refractivity contribution in [3.05, 3.63) is 35.6 Å². The molecule has 0 spiro atoms. The maximum absolute atomic E-state index is 12.6. The van der Waals surface area contributed by atoms with Crippen molar-refractivity contribution in [3.63, 3.8) is 0 Å². The smallest absolute Gasteiger partial charge is 0.356 e. The third kappa shape index (κ3) is 13.8. The van der Waals surface area contributed by atoms with Gasteiger partial charge in [-0.15, -0.1) is 0 Å². The first-order chi connectivity index (χ1) is 27.4. The second-order valence-electron chi connectivity index (χ2n) is 14.2. The average Bonchev–Trinajstić information content (AvgIpc) is 3.87. The van der Waals surface area contributed by atoms with Crippen LogP contribution in [-0.4, -0.2) is 129 Å². The van der Waals surface area contributed by atoms with Gasteiger partial charge in [0.1, 0.15) is 24.9 Å². The zero-order valence-electron chi connectivity index (χ0n) is 34.2. The molecule has 0 aliphatic carbocycles. The van der Waals surface area contributed by atoms with E-state index in [0.29, 0.717) is 0 Å². The van der Waals surface area contributed by atoms with Gasteiger partial charge in [-0.25, -0.2) is 9.97 Å². The third-order valence-corrected chi connectivity index (χ3v) is 16.8. The van der Waals surface area contributed by atoms with Gasteiger partial charge in [0, 0.05) is 0 Å². The van der Waals surface area contributed by atoms with Crippen LogP contribution in [0.2, 0.25) is 18.1 Å². The lowest BCUT2D eigenvalue weighted by molar-refractivity contribution is -0.169. The fraction of sp³-hybridized carbons (Fsp3) is 0.714. The molecule has 6 atom stereocenters. The molecule has 4 rings (SSSR count). The van der Waals surface area contributed by atoms with Crippen LogP contribution < -0.4 is 15.9 Å². The monoisotopic (exact) mass is 950 g/mol. The fourth-order valence-electron chi connectivity index (χ4n) is 5.04. The second kappa shape index (κ2) is 24.0. The van der Waals surface area contributed by atoms with Crippen LogP contribution in [0.4, 0.5) is 0 Å². The van der Waals surface area contributed by atoms with E-state index >= 15 is 0 Å². The van der Waals surface area contributed by atoms with Crippen molar-refractivity contribution >= 4 is 35.3 Å². The maximum Gasteiger partial charge on any atom is 0.356 e. The SMILES string of the molecule is C.C.C.CCOP(=O)(CO[C@H]1O[C@@H](n2cnc(C(N)=O)c2O)[C@H](O)[C@@H]1O)OCC.CCOP(=O)(CO[C@H]1O[C@@H](n2cnc(C(N)=O)c2O[Si](C)(C)C(C)(C)C)C(O)=C1O)OCC. The number of aliphatic hydroxyl groups excluding tert-OH is 4. The molecule has 0 unspecified atom stereocenters. The second-order valence-corrected chi connectivity index (χ2v) is 22.9. The molecule has 0 radical (unpaired) electrons. The molecule has 24 nitrogen and oxygen atoms in total. The number of amides is 2. The zero-order chi connectivity index (χ0) is 44.7. The number of carbonyl (C=O) groups excluding carboxylic acids is 2. The number of rotatable bonds is 20. The Morgan fingerprint density at radius 3 is 1.65 bits per heavy atom. The standard InChI is InChI=1S/C19H34N3O9PSi.C13H22N3O9P.3CH4/c1-8-28-32(26,29-9-2)11-27-18-14(24)13(23)17(30-18)22-10-21-12(15(20)25)16(22)31-33(6,7)19(3,4)5;1-3-23-26(21,24-4-2)6-22-13-9(18)8(17)12(25-13)16-5-15-7(10(14)19)11(16)20;;;/h10,17-18,23-24H,8-9,11H2,1-7H3,(H2,20,25);5,8-9,12-13,17-18,20H,3-4,6H2,1-2H3,(H2,14,19);3*1H4/t17-,18+;8-,9+,12-,13+;;;/m11.../s1. The summed E-state index contributed by atoms with van der Waals surface area (Å²) in [4.78, 5) is 30.7. The van der Waals surface area contributed by atoms with Gasteiger partial charge in [-0.1, -0.05) is 43.1 Å². The van der Waals surface area contributed by atoms with Gasteiger partial charge in [0.05, 0.1) is 26.4 Å². The van der Waals surface area contributed by atoms with Crippen LogP contribution in [0, 0.1) is 0 Å². The Hall–Kier alpha value is -3.42. The number of carbonyl (C=O) groups is 2. The average molecular weight is 951 g/mol. The summed E-state index contributed by atoms with van der Waals surface area (Å²) >= 11 is 0. The lowest BCUT2D eigenvalue weighted by Gasteiger charge is -2.36. The van der Waals surface area contributed by atoms with Gasteiger partial charge in [0.2, 0.25) is 24.3 Å². The van der Waals surface area contributed by atoms with E-state index in [9.17, 15) is 44.3 Å². The molecule has 4 heterocycles. The highest BCUT2D eigenvalue weighted by Crippen LogP contribution is 2.50. The highest BCUT2D eigenvalue weighted by atomic mass is 31.2. The normalized spacial score (nSPS) is 21.6. The molecule has 0 saturated carbocycles. The van der Waals surface area contributed by atoms with Gasteiger partial charge < -0.3 is 78.5 Å². The molecule has 62 heavy (non-hydrogen) atoms. The molecule has 2 aromatic rings. The minimum Gasteiger partial charge on any atom is -0.530 e. The topological polar surface area (TPSA) is 340 Å². The molecular formula is C35H68N6O18P2Si. The number of hydrogen-bond donors (Lipinski definition) is 7. The van der Waals surface area contributed by atoms with E-state index in [1.807, 2.05) is 33.9 Å². The Labute approximate surface area is 363 Å². The van der Waals surface area contributed by atoms with E-state index in [4.69, 9.17) is 52.9 Å². The number of aromatic nitrogens is 4. The summed E-state index contributed by atoms with van der Waals surface area (Å²) in [5.74, 6) is -3.65. The zero-order valence-corrected chi connectivity index (χ0v) is 37.0. The van der Waals surface area contributed by atoms with Crippen LogP contribution in [-0.2, 0) is 46.2 Å². The molecule has 360 valence electrons. The molecule has 2 aliphatic heterocycles. The molecule has 2 amide bonds. The number of ether oxygens (including phenoxy) is 4. The molecule has 2 aliphatic rings. The first-order valence-electron chi connectivity index (χ1n) is 18.3. The predicted octanol–water partition coefficient (Wildman–Crippen LogP) is 5.20. The van der Waals surface area contributed by atoms with Crippen molar-refractivity contribution in [3.8, 4) is 11.8 Å². The number of nitrogens with zero attached hydrogens (tertiary/aromatic N) is 4. The van der Waals surface area contributed by atoms with E-state index in [-0.39, 0.29) is 65.3 Å². The largest absolute Gasteiger partial charge is 0.530 e. The van der Waals surface area contributed by atoms with E-state index < -0.39 is 108 Å². The van der Waals surface area contributed by atoms with Gasteiger partial charge in [-0.2, -0.15) is 0 Å². The van der Waals surface area contributed by atoms with Crippen LogP contribution in [0.25, 0.3) is 0 Å². The van der Waals surface area contributed by atoms with E-state index in [2.05, 4.69) is 9.97 Å². The Balaban J connectivity index is 0.00000117. The summed E-state index contributed by atoms with van der Waals surface area (Å²) < 4.78 is 75.5. The highest BCUT2D eigenvalue weighted by molar-refractivity contribution is 7.53. The van der Waals surface area contributed by atoms with Crippen molar-refractivity contribution in [2.45, 2.75) is 126 Å². The molecule has 0 aromatic carbocycles. The van der Waals surface area contributed by atoms with Crippen molar-refractivity contribution in [2.75, 3.05) is 39.1 Å². The summed E-state index contributed by atoms with van der Waals surface area (Å²) in [7, 11) is -9.61. The number of hydrogen-bond acceptors (Lipinski definition) is 20. The van der Waals surface area contributed by atoms with Crippen molar-refractivity contribution in [1.82, 2.24) is 19.1 Å². The highest BCUT2D eigenvalue weighted by Gasteiger charge is 2.47. The minimum absolute atomic E-state index is 0. The van der Waals surface area contributed by atoms with Gasteiger partial charge in [0.15, 0.2) is 48.1 Å². The molecule has 0 bridgehead atoms. The summed E-state index contributed by atoms with van der Waals surface area (Å²) in [5, 5.41) is 50.8. The fourth-order valence-corrected chi connectivity index (χ4v) is 8.70. The summed E-state index contributed by atoms with van der Waals surface area (Å²) in [5.41, 5.74) is 9.97. The quantitative estimate of drug-likeness (QED) is 0.0662. The summed E-state index contributed by atoms with van der Waals surface area (Å²) in [6.07, 6.45) is -7.36. The molecular weight excluding hydrogens is 882 g/mol. The summed E-state index contributed by atoms with van der Waals surface area (Å²) in [6.45, 7) is 17.0. The number of imidazole rings is 2. The Morgan fingerprint density at radius 1 is 0.758 bits per heavy atom. The third-order valence-electron chi connectivity index (χ3n) is 8.92. The van der Waals surface area contributed by atoms with Gasteiger partial charge in [0.25, 0.3) is 20.1 Å². The number of primary amides is 2. The minimum atomic E-state index is -3.59. The number of aromatic hydroxyl groups is 1. The molecule has 2 aromatic heterocycles. The predicted molar refractivity (Wildman–Crippen MR) is 227 cm³/mol. The lowest BCUT2D eigenvalue weighted by atomic mass is 10.2. The first kappa shape index (κ1) is 58.6. The van der Waals surface area contributed by atoms with Gasteiger partial charge in [-0.05, 0) is 45.8 Å². The van der Waals surface area contributed by atoms with Crippen molar-refractivity contribution < 1.29 is 85.7 Å². The lowest BCUT2D eigenvalue weighted by Crippen LogP contribution is -2.45. The van der Waals surface area contributed by atoms with Gasteiger partial charge >= 0.3 is 15.2 Å². The van der Waals surface area contributed by atoms with E-state index in [1.165, 1.54) is 10.9 Å². The van der Waals surface area contributed by atoms with Crippen molar-refractivity contribution in [2.24, 2.45) is 11.5 Å². The van der Waals surface area contributed by atoms with Crippen LogP contribution in [0.3, 0.4) is 0 Å². The number of nitrogens with two attached hydrogens (primary N) is 2. The Kier molecular flexibility index (Phi) is 22.7. The van der Waals surface area contributed by atoms with Crippen molar-refractivity contribution in [1.29, 1.82) is 0 Å². The van der Waals surface area contributed by atoms with E-state index in [1.54, 1.807) is 27.7 Å². The van der Waals surface area contributed by atoms with Crippen LogP contribution >= 0.6 is 15.2 Å². The molecule has 27 heteroatoms. The Morgan fingerprint density at radius 2 is 1.21 bits per heavy atom. The Bertz CT molecular complexity index is 1870. The molecule has 1 fully saturated rings. The molecule has 1 saturated heterocycles. The van der Waals surface area contributed by atoms with E-state index in [0.717, 1.165) is 10.9 Å². The number of aliphatic hydroxyl groups is 4. The van der Waals surface area contributed by atoms with Crippen LogP contribution in [0.5, 0.6) is 11.8 Å². The van der Waals surface area contributed by atoms with Crippen LogP contribution in [0.1, 0.15) is 104 Å². The van der Waals surface area contributed by atoms with Crippen LogP contribution in [0.15, 0.2) is 24.2 Å².